The summed E-state index contributed by atoms with van der Waals surface area (Å²) in [6, 6.07) is 13.3. The third kappa shape index (κ3) is 3.26. The molecule has 2 aromatic rings. The van der Waals surface area contributed by atoms with E-state index in [-0.39, 0.29) is 5.91 Å². The van der Waals surface area contributed by atoms with E-state index in [0.29, 0.717) is 4.88 Å². The van der Waals surface area contributed by atoms with Gasteiger partial charge in [0.2, 0.25) is 0 Å². The van der Waals surface area contributed by atoms with Gasteiger partial charge in [-0.05, 0) is 24.6 Å². The molecule has 17 heavy (non-hydrogen) atoms. The largest absolute Gasteiger partial charge is 0.281 e. The summed E-state index contributed by atoms with van der Waals surface area (Å²) in [6.07, 6.45) is 1.62. The highest BCUT2D eigenvalue weighted by Crippen LogP contribution is 2.14. The normalized spacial score (nSPS) is 10.6. The number of benzene rings is 1. The molecule has 0 aliphatic rings. The van der Waals surface area contributed by atoms with E-state index in [1.165, 1.54) is 11.3 Å². The number of aryl methyl sites for hydroxylation is 1. The fraction of sp³-hybridized carbons (Fsp3) is 0.0769. The SMILES string of the molecule is Cc1ccc(C(=O)N/N=C/c2ccccc2)s1. The van der Waals surface area contributed by atoms with Crippen LogP contribution in [0.15, 0.2) is 47.6 Å². The van der Waals surface area contributed by atoms with E-state index in [0.717, 1.165) is 10.4 Å². The Morgan fingerprint density at radius 2 is 2.00 bits per heavy atom. The van der Waals surface area contributed by atoms with Gasteiger partial charge in [-0.25, -0.2) is 5.43 Å². The average molecular weight is 244 g/mol. The van der Waals surface area contributed by atoms with Gasteiger partial charge in [-0.3, -0.25) is 4.79 Å². The van der Waals surface area contributed by atoms with E-state index >= 15 is 0 Å². The number of hydrazone groups is 1. The van der Waals surface area contributed by atoms with Crippen LogP contribution in [0.2, 0.25) is 0 Å². The summed E-state index contributed by atoms with van der Waals surface area (Å²) in [5.41, 5.74) is 3.46. The maximum absolute atomic E-state index is 11.6. The molecule has 0 radical (unpaired) electrons. The van der Waals surface area contributed by atoms with E-state index in [9.17, 15) is 4.79 Å². The Hall–Kier alpha value is -1.94. The number of carbonyl (C=O) groups excluding carboxylic acids is 1. The maximum atomic E-state index is 11.6. The van der Waals surface area contributed by atoms with Gasteiger partial charge in [-0.2, -0.15) is 5.10 Å². The predicted octanol–water partition coefficient (Wildman–Crippen LogP) is 2.82. The fourth-order valence-corrected chi connectivity index (χ4v) is 2.07. The van der Waals surface area contributed by atoms with E-state index in [1.54, 1.807) is 12.3 Å². The van der Waals surface area contributed by atoms with Crippen LogP contribution in [0.5, 0.6) is 0 Å². The minimum atomic E-state index is -0.171. The fourth-order valence-electron chi connectivity index (χ4n) is 1.32. The molecular weight excluding hydrogens is 232 g/mol. The Morgan fingerprint density at radius 1 is 1.24 bits per heavy atom. The molecule has 0 fully saturated rings. The van der Waals surface area contributed by atoms with Gasteiger partial charge in [0.05, 0.1) is 11.1 Å². The van der Waals surface area contributed by atoms with Crippen LogP contribution in [-0.2, 0) is 0 Å². The van der Waals surface area contributed by atoms with Crippen molar-refractivity contribution in [2.24, 2.45) is 5.10 Å². The lowest BCUT2D eigenvalue weighted by Crippen LogP contribution is -2.16. The lowest BCUT2D eigenvalue weighted by Gasteiger charge is -1.95. The molecule has 86 valence electrons. The lowest BCUT2D eigenvalue weighted by molar-refractivity contribution is 0.0959. The molecule has 1 amide bonds. The maximum Gasteiger partial charge on any atom is 0.281 e. The summed E-state index contributed by atoms with van der Waals surface area (Å²) in [6.45, 7) is 1.97. The Morgan fingerprint density at radius 3 is 2.65 bits per heavy atom. The molecule has 0 spiro atoms. The van der Waals surface area contributed by atoms with E-state index in [1.807, 2.05) is 43.3 Å². The van der Waals surface area contributed by atoms with Crippen LogP contribution in [0.25, 0.3) is 0 Å². The molecule has 0 unspecified atom stereocenters. The number of nitrogens with one attached hydrogen (secondary N) is 1. The zero-order chi connectivity index (χ0) is 12.1. The van der Waals surface area contributed by atoms with Crippen molar-refractivity contribution >= 4 is 23.5 Å². The molecule has 4 heteroatoms. The minimum absolute atomic E-state index is 0.171. The summed E-state index contributed by atoms with van der Waals surface area (Å²) in [5.74, 6) is -0.171. The first kappa shape index (κ1) is 11.5. The van der Waals surface area contributed by atoms with Crippen LogP contribution in [0.3, 0.4) is 0 Å². The second kappa shape index (κ2) is 5.41. The standard InChI is InChI=1S/C13H12N2OS/c1-10-7-8-12(17-10)13(16)15-14-9-11-5-3-2-4-6-11/h2-9H,1H3,(H,15,16)/b14-9+. The Labute approximate surface area is 104 Å². The number of thiophene rings is 1. The van der Waals surface area contributed by atoms with Crippen LogP contribution in [0, 0.1) is 6.92 Å². The molecule has 0 atom stereocenters. The van der Waals surface area contributed by atoms with E-state index in [2.05, 4.69) is 10.5 Å². The van der Waals surface area contributed by atoms with Gasteiger partial charge in [0, 0.05) is 4.88 Å². The van der Waals surface area contributed by atoms with Crippen molar-refractivity contribution in [1.82, 2.24) is 5.43 Å². The zero-order valence-corrected chi connectivity index (χ0v) is 10.2. The highest BCUT2D eigenvalue weighted by Gasteiger charge is 2.05. The number of amides is 1. The monoisotopic (exact) mass is 244 g/mol. The molecule has 0 saturated carbocycles. The van der Waals surface area contributed by atoms with Crippen LogP contribution in [-0.4, -0.2) is 12.1 Å². The summed E-state index contributed by atoms with van der Waals surface area (Å²) >= 11 is 1.46. The first-order valence-corrected chi connectivity index (χ1v) is 6.02. The molecule has 0 aliphatic heterocycles. The van der Waals surface area contributed by atoms with Crippen molar-refractivity contribution < 1.29 is 4.79 Å². The number of rotatable bonds is 3. The molecule has 0 saturated heterocycles. The second-order valence-electron chi connectivity index (χ2n) is 3.52. The van der Waals surface area contributed by atoms with E-state index < -0.39 is 0 Å². The summed E-state index contributed by atoms with van der Waals surface area (Å²) < 4.78 is 0. The Balaban J connectivity index is 1.95. The molecular formula is C13H12N2OS. The van der Waals surface area contributed by atoms with Gasteiger partial charge in [-0.15, -0.1) is 11.3 Å². The Kier molecular flexibility index (Phi) is 3.67. The smallest absolute Gasteiger partial charge is 0.266 e. The van der Waals surface area contributed by atoms with Crippen molar-refractivity contribution in [1.29, 1.82) is 0 Å². The van der Waals surface area contributed by atoms with Crippen molar-refractivity contribution in [3.05, 3.63) is 57.8 Å². The van der Waals surface area contributed by atoms with Gasteiger partial charge in [0.25, 0.3) is 5.91 Å². The highest BCUT2D eigenvalue weighted by molar-refractivity contribution is 7.13. The molecule has 3 nitrogen and oxygen atoms in total. The molecule has 0 aliphatic carbocycles. The van der Waals surface area contributed by atoms with Gasteiger partial charge >= 0.3 is 0 Å². The van der Waals surface area contributed by atoms with Gasteiger partial charge in [0.15, 0.2) is 0 Å². The summed E-state index contributed by atoms with van der Waals surface area (Å²) in [7, 11) is 0. The number of nitrogens with zero attached hydrogens (tertiary/aromatic N) is 1. The minimum Gasteiger partial charge on any atom is -0.266 e. The van der Waals surface area contributed by atoms with Gasteiger partial charge in [0.1, 0.15) is 0 Å². The Bertz CT molecular complexity index is 531. The quantitative estimate of drug-likeness (QED) is 0.654. The van der Waals surface area contributed by atoms with Gasteiger partial charge < -0.3 is 0 Å². The zero-order valence-electron chi connectivity index (χ0n) is 9.38. The average Bonchev–Trinajstić information content (AvgIpc) is 2.77. The van der Waals surface area contributed by atoms with Crippen molar-refractivity contribution in [2.45, 2.75) is 6.92 Å². The van der Waals surface area contributed by atoms with Crippen LogP contribution < -0.4 is 5.43 Å². The first-order chi connectivity index (χ1) is 8.25. The number of carbonyl (C=O) groups is 1. The summed E-state index contributed by atoms with van der Waals surface area (Å²) in [4.78, 5) is 13.4. The second-order valence-corrected chi connectivity index (χ2v) is 4.81. The molecule has 1 heterocycles. The number of hydrogen-bond acceptors (Lipinski definition) is 3. The van der Waals surface area contributed by atoms with E-state index in [4.69, 9.17) is 0 Å². The van der Waals surface area contributed by atoms with Crippen molar-refractivity contribution in [2.75, 3.05) is 0 Å². The van der Waals surface area contributed by atoms with Crippen molar-refractivity contribution in [3.8, 4) is 0 Å². The van der Waals surface area contributed by atoms with Crippen LogP contribution in [0.4, 0.5) is 0 Å². The molecule has 1 N–H and O–H groups in total. The highest BCUT2D eigenvalue weighted by atomic mass is 32.1. The topological polar surface area (TPSA) is 41.5 Å². The first-order valence-electron chi connectivity index (χ1n) is 5.20. The molecule has 1 aromatic carbocycles. The molecule has 2 rings (SSSR count). The van der Waals surface area contributed by atoms with Crippen LogP contribution in [0.1, 0.15) is 20.1 Å². The molecule has 1 aromatic heterocycles. The van der Waals surface area contributed by atoms with Crippen LogP contribution >= 0.6 is 11.3 Å². The van der Waals surface area contributed by atoms with Crippen molar-refractivity contribution in [3.63, 3.8) is 0 Å². The number of hydrogen-bond donors (Lipinski definition) is 1. The third-order valence-corrected chi connectivity index (χ3v) is 3.14. The lowest BCUT2D eigenvalue weighted by atomic mass is 10.2. The summed E-state index contributed by atoms with van der Waals surface area (Å²) in [5, 5.41) is 3.91. The third-order valence-electron chi connectivity index (χ3n) is 2.14. The predicted molar refractivity (Wildman–Crippen MR) is 70.6 cm³/mol. The van der Waals surface area contributed by atoms with Gasteiger partial charge in [-0.1, -0.05) is 30.3 Å². The molecule has 0 bridgehead atoms.